The van der Waals surface area contributed by atoms with Crippen molar-refractivity contribution in [1.82, 2.24) is 0 Å². The third-order valence-corrected chi connectivity index (χ3v) is 3.70. The normalized spacial score (nSPS) is 29.9. The fraction of sp³-hybridized carbons (Fsp3) is 0.400. The first kappa shape index (κ1) is 14.5. The lowest BCUT2D eigenvalue weighted by Crippen LogP contribution is -2.48. The van der Waals surface area contributed by atoms with Gasteiger partial charge >= 0.3 is 5.97 Å². The molecule has 1 rings (SSSR count). The number of alkyl halides is 1. The maximum atomic E-state index is 11.6. The molecule has 0 aromatic heterocycles. The zero-order valence-corrected chi connectivity index (χ0v) is 11.2. The summed E-state index contributed by atoms with van der Waals surface area (Å²) in [6.07, 6.45) is 1.38. The van der Waals surface area contributed by atoms with Crippen molar-refractivity contribution in [3.63, 3.8) is 0 Å². The molecule has 0 radical (unpaired) electrons. The largest absolute Gasteiger partial charge is 0.467 e. The van der Waals surface area contributed by atoms with Crippen LogP contribution in [0.4, 0.5) is 0 Å². The maximum Gasteiger partial charge on any atom is 0.344 e. The van der Waals surface area contributed by atoms with Crippen molar-refractivity contribution in [2.45, 2.75) is 17.9 Å². The molecule has 2 atom stereocenters. The summed E-state index contributed by atoms with van der Waals surface area (Å²) in [6.45, 7) is 1.56. The number of allylic oxidation sites excluding steroid dienone is 2. The Labute approximate surface area is 113 Å². The van der Waals surface area contributed by atoms with Crippen LogP contribution in [0.1, 0.15) is 6.92 Å². The minimum Gasteiger partial charge on any atom is -0.467 e. The highest BCUT2D eigenvalue weighted by Crippen LogP contribution is 2.44. The van der Waals surface area contributed by atoms with Gasteiger partial charge < -0.3 is 9.84 Å². The summed E-state index contributed by atoms with van der Waals surface area (Å²) in [5, 5.41) is 8.30. The van der Waals surface area contributed by atoms with Crippen LogP contribution >= 0.6 is 34.8 Å². The number of rotatable bonds is 2. The van der Waals surface area contributed by atoms with Crippen LogP contribution in [0.3, 0.4) is 0 Å². The summed E-state index contributed by atoms with van der Waals surface area (Å²) in [4.78, 5) is 23.2. The molecule has 1 aliphatic carbocycles. The monoisotopic (exact) mass is 298 g/mol. The molecule has 0 amide bonds. The minimum atomic E-state index is -2.35. The van der Waals surface area contributed by atoms with Crippen molar-refractivity contribution in [2.75, 3.05) is 7.11 Å². The second-order valence-electron chi connectivity index (χ2n) is 3.31. The van der Waals surface area contributed by atoms with Crippen molar-refractivity contribution in [3.8, 4) is 0 Å². The number of methoxy groups -OCH3 is 1. The maximum absolute atomic E-state index is 11.6. The van der Waals surface area contributed by atoms with Crippen molar-refractivity contribution < 1.29 is 19.4 Å². The number of hydrogen-bond acceptors (Lipinski definition) is 4. The van der Waals surface area contributed by atoms with Gasteiger partial charge in [-0.25, -0.2) is 4.79 Å². The highest BCUT2D eigenvalue weighted by atomic mass is 35.5. The summed E-state index contributed by atoms with van der Waals surface area (Å²) < 4.78 is 4.42. The zero-order chi connectivity index (χ0) is 13.4. The van der Waals surface area contributed by atoms with Gasteiger partial charge in [0.1, 0.15) is 5.38 Å². The van der Waals surface area contributed by atoms with E-state index in [2.05, 4.69) is 4.74 Å². The van der Waals surface area contributed by atoms with E-state index >= 15 is 0 Å². The van der Waals surface area contributed by atoms with Gasteiger partial charge in [0.2, 0.25) is 5.60 Å². The smallest absolute Gasteiger partial charge is 0.344 e. The fourth-order valence-corrected chi connectivity index (χ4v) is 2.52. The molecule has 0 aromatic carbocycles. The van der Waals surface area contributed by atoms with Crippen LogP contribution < -0.4 is 0 Å². The van der Waals surface area contributed by atoms with E-state index in [0.29, 0.717) is 0 Å². The molecule has 0 saturated carbocycles. The molecule has 1 aliphatic rings. The Morgan fingerprint density at radius 1 is 1.59 bits per heavy atom. The molecule has 0 spiro atoms. The molecular weight excluding hydrogens is 290 g/mol. The molecule has 1 N–H and O–H groups in total. The quantitative estimate of drug-likeness (QED) is 0.623. The number of carbonyl (C=O) groups is 2. The summed E-state index contributed by atoms with van der Waals surface area (Å²) in [5.74, 6) is -1.85. The third kappa shape index (κ3) is 1.99. The molecule has 0 bridgehead atoms. The standard InChI is InChI=1S/C10H9Cl3O4/c1-3-4(11)5-6(12)7(14)8(13)10(5,16)9(15)17-2/h3,8,16H,1-2H3/b4-3-/t8-,10-/m1/s1. The van der Waals surface area contributed by atoms with E-state index in [4.69, 9.17) is 34.8 Å². The van der Waals surface area contributed by atoms with Crippen LogP contribution in [0, 0.1) is 0 Å². The number of hydrogen-bond donors (Lipinski definition) is 1. The number of Topliss-reactive ketones (excluding diaryl/α,β-unsaturated/α-hetero) is 1. The fourth-order valence-electron chi connectivity index (χ4n) is 1.51. The van der Waals surface area contributed by atoms with Crippen LogP contribution in [-0.4, -0.2) is 34.9 Å². The summed E-state index contributed by atoms with van der Waals surface area (Å²) in [5.41, 5.74) is -2.58. The number of carbonyl (C=O) groups excluding carboxylic acids is 2. The Bertz CT molecular complexity index is 441. The molecule has 0 unspecified atom stereocenters. The molecule has 17 heavy (non-hydrogen) atoms. The van der Waals surface area contributed by atoms with Gasteiger partial charge in [0.25, 0.3) is 0 Å². The van der Waals surface area contributed by atoms with Crippen molar-refractivity contribution in [2.24, 2.45) is 0 Å². The Balaban J connectivity index is 3.48. The zero-order valence-electron chi connectivity index (χ0n) is 8.96. The first-order valence-corrected chi connectivity index (χ1v) is 5.73. The Morgan fingerprint density at radius 3 is 2.53 bits per heavy atom. The van der Waals surface area contributed by atoms with E-state index < -0.39 is 22.7 Å². The first-order chi connectivity index (χ1) is 7.82. The van der Waals surface area contributed by atoms with Crippen LogP contribution in [0.15, 0.2) is 21.7 Å². The number of halogens is 3. The van der Waals surface area contributed by atoms with Crippen LogP contribution in [0.5, 0.6) is 0 Å². The van der Waals surface area contributed by atoms with Gasteiger partial charge in [0.05, 0.1) is 12.1 Å². The van der Waals surface area contributed by atoms with E-state index in [1.807, 2.05) is 0 Å². The second-order valence-corrected chi connectivity index (χ2v) is 4.53. The van der Waals surface area contributed by atoms with Gasteiger partial charge in [-0.1, -0.05) is 29.3 Å². The Kier molecular flexibility index (Phi) is 4.25. The van der Waals surface area contributed by atoms with Crippen molar-refractivity contribution >= 4 is 46.6 Å². The van der Waals surface area contributed by atoms with Gasteiger partial charge in [-0.2, -0.15) is 0 Å². The molecule has 0 saturated heterocycles. The summed E-state index contributed by atoms with van der Waals surface area (Å²) in [6, 6.07) is 0. The van der Waals surface area contributed by atoms with Gasteiger partial charge in [-0.05, 0) is 6.92 Å². The van der Waals surface area contributed by atoms with Crippen molar-refractivity contribution in [1.29, 1.82) is 0 Å². The molecule has 4 nitrogen and oxygen atoms in total. The second kappa shape index (κ2) is 4.98. The molecule has 0 aromatic rings. The highest BCUT2D eigenvalue weighted by molar-refractivity contribution is 6.53. The lowest BCUT2D eigenvalue weighted by atomic mass is 9.94. The number of ketones is 1. The van der Waals surface area contributed by atoms with Gasteiger partial charge in [-0.15, -0.1) is 11.6 Å². The van der Waals surface area contributed by atoms with E-state index in [0.717, 1.165) is 7.11 Å². The predicted octanol–water partition coefficient (Wildman–Crippen LogP) is 1.72. The Hall–Kier alpha value is -0.550. The predicted molar refractivity (Wildman–Crippen MR) is 64.1 cm³/mol. The highest BCUT2D eigenvalue weighted by Gasteiger charge is 2.58. The SMILES string of the molecule is C/C=C(\Cl)C1=C(Cl)C(=O)[C@@H](Cl)[C@@]1(O)C(=O)OC. The summed E-state index contributed by atoms with van der Waals surface area (Å²) in [7, 11) is 1.06. The van der Waals surface area contributed by atoms with Gasteiger partial charge in [0, 0.05) is 10.6 Å². The van der Waals surface area contributed by atoms with E-state index in [9.17, 15) is 14.7 Å². The number of esters is 1. The number of ether oxygens (including phenoxy) is 1. The van der Waals surface area contributed by atoms with Gasteiger partial charge in [-0.3, -0.25) is 4.79 Å². The van der Waals surface area contributed by atoms with Crippen molar-refractivity contribution in [3.05, 3.63) is 21.7 Å². The average molecular weight is 300 g/mol. The van der Waals surface area contributed by atoms with E-state index in [-0.39, 0.29) is 15.6 Å². The molecule has 0 aliphatic heterocycles. The number of aliphatic hydroxyl groups is 1. The lowest BCUT2D eigenvalue weighted by Gasteiger charge is -2.25. The lowest BCUT2D eigenvalue weighted by molar-refractivity contribution is -0.158. The van der Waals surface area contributed by atoms with E-state index in [1.165, 1.54) is 6.08 Å². The molecule has 94 valence electrons. The van der Waals surface area contributed by atoms with Crippen LogP contribution in [0.2, 0.25) is 0 Å². The molecular formula is C10H9Cl3O4. The third-order valence-electron chi connectivity index (χ3n) is 2.40. The van der Waals surface area contributed by atoms with Crippen LogP contribution in [-0.2, 0) is 14.3 Å². The van der Waals surface area contributed by atoms with Crippen LogP contribution in [0.25, 0.3) is 0 Å². The minimum absolute atomic E-state index is 0.0283. The summed E-state index contributed by atoms with van der Waals surface area (Å²) >= 11 is 17.3. The van der Waals surface area contributed by atoms with E-state index in [1.54, 1.807) is 6.92 Å². The van der Waals surface area contributed by atoms with Gasteiger partial charge in [0.15, 0.2) is 5.78 Å². The topological polar surface area (TPSA) is 63.6 Å². The first-order valence-electron chi connectivity index (χ1n) is 4.53. The molecule has 7 heteroatoms. The Morgan fingerprint density at radius 2 is 2.12 bits per heavy atom. The molecule has 0 heterocycles. The molecule has 0 fully saturated rings. The average Bonchev–Trinajstić information content (AvgIpc) is 2.50.